The normalized spacial score (nSPS) is 13.6. The van der Waals surface area contributed by atoms with Crippen LogP contribution in [0.25, 0.3) is 11.1 Å². The molecule has 1 aliphatic rings. The number of amidine groups is 1. The lowest BCUT2D eigenvalue weighted by molar-refractivity contribution is -0.159. The number of benzene rings is 2. The number of hydrogen-bond acceptors (Lipinski definition) is 8. The topological polar surface area (TPSA) is 172 Å². The summed E-state index contributed by atoms with van der Waals surface area (Å²) in [5, 5.41) is 5.66. The van der Waals surface area contributed by atoms with Gasteiger partial charge in [0.1, 0.15) is 24.1 Å². The summed E-state index contributed by atoms with van der Waals surface area (Å²) in [5.41, 5.74) is 13.8. The van der Waals surface area contributed by atoms with Crippen LogP contribution in [-0.2, 0) is 28.7 Å². The Bertz CT molecular complexity index is 1170. The van der Waals surface area contributed by atoms with Gasteiger partial charge in [-0.3, -0.25) is 9.59 Å². The number of carbonyl (C=O) groups is 4. The van der Waals surface area contributed by atoms with E-state index in [1.165, 1.54) is 0 Å². The van der Waals surface area contributed by atoms with Crippen LogP contribution in [0.15, 0.2) is 53.7 Å². The van der Waals surface area contributed by atoms with Gasteiger partial charge in [-0.15, -0.1) is 0 Å². The largest absolute Gasteiger partial charge is 0.460 e. The molecule has 0 saturated heterocycles. The molecule has 0 aliphatic heterocycles. The van der Waals surface area contributed by atoms with E-state index in [0.717, 1.165) is 22.3 Å². The molecule has 196 valence electrons. The van der Waals surface area contributed by atoms with Gasteiger partial charge in [-0.05, 0) is 43.0 Å². The highest BCUT2D eigenvalue weighted by atomic mass is 16.7. The molecule has 11 heteroatoms. The van der Waals surface area contributed by atoms with Crippen LogP contribution >= 0.6 is 0 Å². The summed E-state index contributed by atoms with van der Waals surface area (Å²) in [5.74, 6) is -3.20. The minimum absolute atomic E-state index is 0.00220. The fourth-order valence-electron chi connectivity index (χ4n) is 3.90. The molecular formula is C26H30N4O7. The first-order valence-corrected chi connectivity index (χ1v) is 11.6. The smallest absolute Gasteiger partial charge is 0.407 e. The summed E-state index contributed by atoms with van der Waals surface area (Å²) in [4.78, 5) is 53.2. The number of carbonyl (C=O) groups excluding carboxylic acids is 4. The van der Waals surface area contributed by atoms with Crippen LogP contribution in [-0.4, -0.2) is 48.0 Å². The van der Waals surface area contributed by atoms with Gasteiger partial charge in [0.15, 0.2) is 0 Å². The Morgan fingerprint density at radius 1 is 0.973 bits per heavy atom. The molecule has 0 saturated carbocycles. The molecule has 2 aromatic carbocycles. The van der Waals surface area contributed by atoms with Crippen molar-refractivity contribution in [2.24, 2.45) is 16.6 Å². The molecule has 1 aliphatic carbocycles. The average Bonchev–Trinajstić information content (AvgIpc) is 3.13. The number of fused-ring (bicyclic) bond motifs is 3. The fourth-order valence-corrected chi connectivity index (χ4v) is 3.90. The molecule has 0 heterocycles. The van der Waals surface area contributed by atoms with Gasteiger partial charge in [-0.2, -0.15) is 0 Å². The Balaban J connectivity index is 1.69. The number of primary amides is 1. The minimum atomic E-state index is -1.49. The molecule has 1 atom stereocenters. The van der Waals surface area contributed by atoms with Gasteiger partial charge in [0, 0.05) is 5.92 Å². The molecule has 2 aromatic rings. The van der Waals surface area contributed by atoms with Crippen molar-refractivity contribution in [3.05, 3.63) is 59.7 Å². The van der Waals surface area contributed by atoms with Crippen LogP contribution in [0.1, 0.15) is 50.7 Å². The second kappa shape index (κ2) is 11.5. The second-order valence-corrected chi connectivity index (χ2v) is 9.45. The van der Waals surface area contributed by atoms with Gasteiger partial charge in [-0.1, -0.05) is 53.7 Å². The number of nitrogens with one attached hydrogen (secondary N) is 1. The van der Waals surface area contributed by atoms with E-state index in [1.807, 2.05) is 48.5 Å². The monoisotopic (exact) mass is 510 g/mol. The molecule has 0 spiro atoms. The zero-order valence-electron chi connectivity index (χ0n) is 20.9. The van der Waals surface area contributed by atoms with E-state index in [4.69, 9.17) is 25.8 Å². The van der Waals surface area contributed by atoms with Gasteiger partial charge >= 0.3 is 18.0 Å². The lowest BCUT2D eigenvalue weighted by Gasteiger charge is -2.22. The SMILES string of the molecule is CC(C)(C)OC(=O)C[C@@H](NC(=O)OCC1c2ccccc2-c2ccccc21)C(=O)O/N=C(/N)CC(N)=O. The number of esters is 1. The molecule has 0 bridgehead atoms. The zero-order valence-corrected chi connectivity index (χ0v) is 20.9. The lowest BCUT2D eigenvalue weighted by atomic mass is 9.98. The Morgan fingerprint density at radius 3 is 2.08 bits per heavy atom. The van der Waals surface area contributed by atoms with Gasteiger partial charge in [0.05, 0.1) is 12.8 Å². The Hall–Kier alpha value is -4.41. The summed E-state index contributed by atoms with van der Waals surface area (Å²) in [7, 11) is 0. The maximum atomic E-state index is 12.7. The number of oxime groups is 1. The average molecular weight is 511 g/mol. The fraction of sp³-hybridized carbons (Fsp3) is 0.346. The number of hydrogen-bond donors (Lipinski definition) is 3. The van der Waals surface area contributed by atoms with Gasteiger partial charge in [0.2, 0.25) is 5.91 Å². The summed E-state index contributed by atoms with van der Waals surface area (Å²) < 4.78 is 10.7. The van der Waals surface area contributed by atoms with Crippen molar-refractivity contribution in [3.63, 3.8) is 0 Å². The Kier molecular flexibility index (Phi) is 8.49. The van der Waals surface area contributed by atoms with Crippen LogP contribution in [0.4, 0.5) is 4.79 Å². The molecule has 0 unspecified atom stereocenters. The third-order valence-electron chi connectivity index (χ3n) is 5.32. The number of nitrogens with two attached hydrogens (primary N) is 2. The van der Waals surface area contributed by atoms with Gasteiger partial charge in [-0.25, -0.2) is 9.59 Å². The maximum Gasteiger partial charge on any atom is 0.407 e. The zero-order chi connectivity index (χ0) is 27.2. The molecular weight excluding hydrogens is 480 g/mol. The number of nitrogens with zero attached hydrogens (tertiary/aromatic N) is 1. The third-order valence-corrected chi connectivity index (χ3v) is 5.32. The van der Waals surface area contributed by atoms with Crippen molar-refractivity contribution >= 4 is 29.8 Å². The van der Waals surface area contributed by atoms with E-state index in [0.29, 0.717) is 0 Å². The highest BCUT2D eigenvalue weighted by Gasteiger charge is 2.32. The van der Waals surface area contributed by atoms with E-state index in [-0.39, 0.29) is 18.4 Å². The van der Waals surface area contributed by atoms with E-state index in [1.54, 1.807) is 20.8 Å². The second-order valence-electron chi connectivity index (χ2n) is 9.45. The highest BCUT2D eigenvalue weighted by Crippen LogP contribution is 2.44. The van der Waals surface area contributed by atoms with Crippen LogP contribution in [0.5, 0.6) is 0 Å². The predicted molar refractivity (Wildman–Crippen MR) is 134 cm³/mol. The number of amides is 2. The summed E-state index contributed by atoms with van der Waals surface area (Å²) in [6, 6.07) is 14.2. The van der Waals surface area contributed by atoms with Gasteiger partial charge < -0.3 is 31.1 Å². The van der Waals surface area contributed by atoms with Crippen LogP contribution in [0.2, 0.25) is 0 Å². The van der Waals surface area contributed by atoms with Crippen LogP contribution < -0.4 is 16.8 Å². The quantitative estimate of drug-likeness (QED) is 0.152. The van der Waals surface area contributed by atoms with E-state index < -0.39 is 48.4 Å². The van der Waals surface area contributed by atoms with Crippen molar-refractivity contribution in [1.82, 2.24) is 5.32 Å². The number of rotatable bonds is 9. The van der Waals surface area contributed by atoms with Crippen molar-refractivity contribution in [1.29, 1.82) is 0 Å². The Labute approximate surface area is 214 Å². The molecule has 0 radical (unpaired) electrons. The van der Waals surface area contributed by atoms with Crippen molar-refractivity contribution in [2.75, 3.05) is 6.61 Å². The van der Waals surface area contributed by atoms with Crippen molar-refractivity contribution < 1.29 is 33.5 Å². The minimum Gasteiger partial charge on any atom is -0.460 e. The predicted octanol–water partition coefficient (Wildman–Crippen LogP) is 2.32. The molecule has 37 heavy (non-hydrogen) atoms. The molecule has 0 aromatic heterocycles. The van der Waals surface area contributed by atoms with Crippen molar-refractivity contribution in [3.8, 4) is 11.1 Å². The molecule has 5 N–H and O–H groups in total. The van der Waals surface area contributed by atoms with E-state index in [2.05, 4.69) is 10.5 Å². The van der Waals surface area contributed by atoms with Crippen molar-refractivity contribution in [2.45, 2.75) is 51.2 Å². The first-order chi connectivity index (χ1) is 17.4. The standard InChI is InChI=1S/C26H30N4O7/c1-26(2,3)36-23(32)12-20(24(33)37-30-21(27)13-22(28)31)29-25(34)35-14-19-17-10-6-4-8-15(17)16-9-5-7-11-18(16)19/h4-11,19-20H,12-14H2,1-3H3,(H2,27,30)(H2,28,31)(H,29,34)/t20-/m1/s1. The first kappa shape index (κ1) is 27.2. The van der Waals surface area contributed by atoms with E-state index in [9.17, 15) is 19.2 Å². The first-order valence-electron chi connectivity index (χ1n) is 11.6. The molecule has 11 nitrogen and oxygen atoms in total. The third kappa shape index (κ3) is 7.53. The van der Waals surface area contributed by atoms with Crippen LogP contribution in [0.3, 0.4) is 0 Å². The maximum absolute atomic E-state index is 12.7. The highest BCUT2D eigenvalue weighted by molar-refractivity contribution is 5.98. The number of ether oxygens (including phenoxy) is 2. The van der Waals surface area contributed by atoms with Crippen LogP contribution in [0, 0.1) is 0 Å². The Morgan fingerprint density at radius 2 is 1.54 bits per heavy atom. The number of alkyl carbamates (subject to hydrolysis) is 1. The van der Waals surface area contributed by atoms with E-state index >= 15 is 0 Å². The molecule has 0 fully saturated rings. The molecule has 2 amide bonds. The molecule has 3 rings (SSSR count). The summed E-state index contributed by atoms with van der Waals surface area (Å²) >= 11 is 0. The lowest BCUT2D eigenvalue weighted by Crippen LogP contribution is -2.44. The summed E-state index contributed by atoms with van der Waals surface area (Å²) in [6.07, 6.45) is -1.93. The van der Waals surface area contributed by atoms with Gasteiger partial charge in [0.25, 0.3) is 0 Å². The summed E-state index contributed by atoms with van der Waals surface area (Å²) in [6.45, 7) is 4.97.